The molecule has 0 spiro atoms. The van der Waals surface area contributed by atoms with Gasteiger partial charge in [0.05, 0.1) is 18.3 Å². The highest BCUT2D eigenvalue weighted by Gasteiger charge is 2.19. The van der Waals surface area contributed by atoms with Crippen molar-refractivity contribution in [3.63, 3.8) is 0 Å². The Morgan fingerprint density at radius 1 is 1.15 bits per heavy atom. The Balaban J connectivity index is 1.98. The molecule has 0 aromatic heterocycles. The molecule has 26 heavy (non-hydrogen) atoms. The standard InChI is InChI=1S/C21H22N2O3/c1-14(24)12-22-21(26)18-9-10-19-13-23(15(2)25)20-6-4-3-5-16(20)7-8-17(19)11-18/h3-11,14,24H,12-13H2,1-2H3,(H,22,26)/b8-7-. The molecule has 1 atom stereocenters. The molecular formula is C21H22N2O3. The number of hydrogen-bond acceptors (Lipinski definition) is 3. The first-order chi connectivity index (χ1) is 12.5. The fourth-order valence-electron chi connectivity index (χ4n) is 2.97. The molecule has 2 N–H and O–H groups in total. The second-order valence-corrected chi connectivity index (χ2v) is 6.47. The Morgan fingerprint density at radius 3 is 2.62 bits per heavy atom. The number of hydrogen-bond donors (Lipinski definition) is 2. The molecular weight excluding hydrogens is 328 g/mol. The zero-order valence-electron chi connectivity index (χ0n) is 14.9. The van der Waals surface area contributed by atoms with Crippen LogP contribution in [-0.2, 0) is 11.3 Å². The van der Waals surface area contributed by atoms with Gasteiger partial charge in [-0.05, 0) is 41.8 Å². The number of para-hydroxylation sites is 1. The Labute approximate surface area is 153 Å². The summed E-state index contributed by atoms with van der Waals surface area (Å²) in [5, 5.41) is 12.0. The first-order valence-corrected chi connectivity index (χ1v) is 8.60. The molecule has 1 unspecified atom stereocenters. The van der Waals surface area contributed by atoms with E-state index in [4.69, 9.17) is 0 Å². The highest BCUT2D eigenvalue weighted by Crippen LogP contribution is 2.29. The largest absolute Gasteiger partial charge is 0.392 e. The molecule has 1 aliphatic heterocycles. The monoisotopic (exact) mass is 350 g/mol. The van der Waals surface area contributed by atoms with Gasteiger partial charge in [-0.2, -0.15) is 0 Å². The fourth-order valence-corrected chi connectivity index (χ4v) is 2.97. The van der Waals surface area contributed by atoms with Gasteiger partial charge in [0.1, 0.15) is 0 Å². The van der Waals surface area contributed by atoms with Crippen LogP contribution in [0, 0.1) is 0 Å². The smallest absolute Gasteiger partial charge is 0.251 e. The van der Waals surface area contributed by atoms with E-state index in [1.54, 1.807) is 24.8 Å². The molecule has 1 heterocycles. The second kappa shape index (κ2) is 7.54. The number of benzene rings is 2. The minimum absolute atomic E-state index is 0.0301. The molecule has 2 amide bonds. The van der Waals surface area contributed by atoms with Crippen LogP contribution in [0.3, 0.4) is 0 Å². The number of rotatable bonds is 3. The second-order valence-electron chi connectivity index (χ2n) is 6.47. The van der Waals surface area contributed by atoms with Gasteiger partial charge in [0, 0.05) is 19.0 Å². The lowest BCUT2D eigenvalue weighted by Crippen LogP contribution is -2.31. The summed E-state index contributed by atoms with van der Waals surface area (Å²) in [6.45, 7) is 3.83. The highest BCUT2D eigenvalue weighted by molar-refractivity contribution is 5.97. The minimum atomic E-state index is -0.594. The molecule has 5 nitrogen and oxygen atoms in total. The number of aliphatic hydroxyl groups is 1. The highest BCUT2D eigenvalue weighted by atomic mass is 16.3. The molecule has 5 heteroatoms. The van der Waals surface area contributed by atoms with Crippen LogP contribution in [0.4, 0.5) is 5.69 Å². The maximum atomic E-state index is 12.2. The number of amides is 2. The lowest BCUT2D eigenvalue weighted by molar-refractivity contribution is -0.116. The number of anilines is 1. The van der Waals surface area contributed by atoms with E-state index in [9.17, 15) is 14.7 Å². The van der Waals surface area contributed by atoms with Crippen LogP contribution in [0.15, 0.2) is 42.5 Å². The van der Waals surface area contributed by atoms with E-state index in [2.05, 4.69) is 5.32 Å². The number of nitrogens with zero attached hydrogens (tertiary/aromatic N) is 1. The maximum Gasteiger partial charge on any atom is 0.251 e. The van der Waals surface area contributed by atoms with Crippen LogP contribution in [0.5, 0.6) is 0 Å². The third kappa shape index (κ3) is 3.83. The lowest BCUT2D eigenvalue weighted by atomic mass is 9.98. The van der Waals surface area contributed by atoms with E-state index in [1.807, 2.05) is 48.6 Å². The third-order valence-electron chi connectivity index (χ3n) is 4.34. The lowest BCUT2D eigenvalue weighted by Gasteiger charge is -2.26. The zero-order chi connectivity index (χ0) is 18.7. The van der Waals surface area contributed by atoms with Crippen LogP contribution in [-0.4, -0.2) is 29.6 Å². The molecule has 0 saturated heterocycles. The van der Waals surface area contributed by atoms with E-state index < -0.39 is 6.10 Å². The molecule has 134 valence electrons. The third-order valence-corrected chi connectivity index (χ3v) is 4.34. The number of fused-ring (bicyclic) bond motifs is 2. The number of carbonyl (C=O) groups is 2. The quantitative estimate of drug-likeness (QED) is 0.894. The first-order valence-electron chi connectivity index (χ1n) is 8.60. The summed E-state index contributed by atoms with van der Waals surface area (Å²) in [7, 11) is 0. The van der Waals surface area contributed by atoms with Crippen LogP contribution < -0.4 is 10.2 Å². The van der Waals surface area contributed by atoms with Crippen molar-refractivity contribution < 1.29 is 14.7 Å². The van der Waals surface area contributed by atoms with Crippen molar-refractivity contribution in [3.05, 3.63) is 64.7 Å². The van der Waals surface area contributed by atoms with E-state index in [-0.39, 0.29) is 18.4 Å². The predicted octanol–water partition coefficient (Wildman–Crippen LogP) is 2.83. The van der Waals surface area contributed by atoms with Crippen molar-refractivity contribution >= 4 is 29.7 Å². The van der Waals surface area contributed by atoms with Gasteiger partial charge in [-0.25, -0.2) is 0 Å². The predicted molar refractivity (Wildman–Crippen MR) is 103 cm³/mol. The molecule has 0 aliphatic carbocycles. The summed E-state index contributed by atoms with van der Waals surface area (Å²) < 4.78 is 0. The summed E-state index contributed by atoms with van der Waals surface area (Å²) in [6.07, 6.45) is 3.33. The van der Waals surface area contributed by atoms with Crippen LogP contribution in [0.1, 0.15) is 40.9 Å². The molecule has 0 bridgehead atoms. The first kappa shape index (κ1) is 17.9. The molecule has 1 aliphatic rings. The number of carbonyl (C=O) groups excluding carboxylic acids is 2. The molecule has 2 aromatic carbocycles. The zero-order valence-corrected chi connectivity index (χ0v) is 14.9. The summed E-state index contributed by atoms with van der Waals surface area (Å²) in [4.78, 5) is 26.2. The molecule has 0 saturated carbocycles. The summed E-state index contributed by atoms with van der Waals surface area (Å²) in [6, 6.07) is 13.2. The summed E-state index contributed by atoms with van der Waals surface area (Å²) in [5.41, 5.74) is 4.23. The average molecular weight is 350 g/mol. The van der Waals surface area contributed by atoms with Crippen molar-refractivity contribution in [1.82, 2.24) is 5.32 Å². The molecule has 2 aromatic rings. The normalized spacial score (nSPS) is 15.1. The average Bonchev–Trinajstić information content (AvgIpc) is 2.61. The Bertz CT molecular complexity index is 871. The van der Waals surface area contributed by atoms with Gasteiger partial charge in [-0.1, -0.05) is 36.4 Å². The minimum Gasteiger partial charge on any atom is -0.392 e. The van der Waals surface area contributed by atoms with Gasteiger partial charge in [-0.3, -0.25) is 9.59 Å². The number of nitrogens with one attached hydrogen (secondary N) is 1. The Kier molecular flexibility index (Phi) is 5.19. The van der Waals surface area contributed by atoms with E-state index in [0.717, 1.165) is 22.4 Å². The Hall–Kier alpha value is -2.92. The summed E-state index contributed by atoms with van der Waals surface area (Å²) in [5.74, 6) is -0.259. The van der Waals surface area contributed by atoms with Gasteiger partial charge >= 0.3 is 0 Å². The number of aliphatic hydroxyl groups excluding tert-OH is 1. The maximum absolute atomic E-state index is 12.2. The summed E-state index contributed by atoms with van der Waals surface area (Å²) >= 11 is 0. The van der Waals surface area contributed by atoms with Gasteiger partial charge in [-0.15, -0.1) is 0 Å². The van der Waals surface area contributed by atoms with Crippen molar-refractivity contribution in [2.45, 2.75) is 26.5 Å². The van der Waals surface area contributed by atoms with Crippen LogP contribution in [0.2, 0.25) is 0 Å². The Morgan fingerprint density at radius 2 is 1.88 bits per heavy atom. The van der Waals surface area contributed by atoms with Gasteiger partial charge in [0.25, 0.3) is 5.91 Å². The van der Waals surface area contributed by atoms with Crippen LogP contribution >= 0.6 is 0 Å². The molecule has 3 rings (SSSR count). The van der Waals surface area contributed by atoms with E-state index >= 15 is 0 Å². The van der Waals surface area contributed by atoms with Crippen molar-refractivity contribution in [2.24, 2.45) is 0 Å². The van der Waals surface area contributed by atoms with Crippen molar-refractivity contribution in [1.29, 1.82) is 0 Å². The topological polar surface area (TPSA) is 69.6 Å². The fraction of sp³-hybridized carbons (Fsp3) is 0.238. The van der Waals surface area contributed by atoms with Crippen molar-refractivity contribution in [2.75, 3.05) is 11.4 Å². The molecule has 0 fully saturated rings. The van der Waals surface area contributed by atoms with Gasteiger partial charge < -0.3 is 15.3 Å². The van der Waals surface area contributed by atoms with E-state index in [1.165, 1.54) is 0 Å². The van der Waals surface area contributed by atoms with Crippen LogP contribution in [0.25, 0.3) is 12.2 Å². The van der Waals surface area contributed by atoms with Gasteiger partial charge in [0.15, 0.2) is 0 Å². The molecule has 0 radical (unpaired) electrons. The van der Waals surface area contributed by atoms with E-state index in [0.29, 0.717) is 12.1 Å². The SMILES string of the molecule is CC(=O)N1Cc2ccc(C(=O)NCC(C)O)cc2/C=C\c2ccccc21. The van der Waals surface area contributed by atoms with Crippen molar-refractivity contribution in [3.8, 4) is 0 Å². The van der Waals surface area contributed by atoms with Gasteiger partial charge in [0.2, 0.25) is 5.91 Å².